The summed E-state index contributed by atoms with van der Waals surface area (Å²) in [7, 11) is 0. The van der Waals surface area contributed by atoms with Crippen LogP contribution in [0.25, 0.3) is 12.2 Å². The molecule has 143 valence electrons. The molecule has 1 radical (unpaired) electrons. The van der Waals surface area contributed by atoms with Crippen LogP contribution in [0.5, 0.6) is 0 Å². The third kappa shape index (κ3) is 5.63. The van der Waals surface area contributed by atoms with Crippen LogP contribution in [0.15, 0.2) is 47.5 Å². The monoisotopic (exact) mass is 371 g/mol. The molecule has 2 aliphatic carbocycles. The fourth-order valence-electron chi connectivity index (χ4n) is 4.50. The number of hydrogen-bond donors (Lipinski definition) is 0. The Morgan fingerprint density at radius 2 is 1.45 bits per heavy atom. The summed E-state index contributed by atoms with van der Waals surface area (Å²) in [5.74, 6) is 0.607. The van der Waals surface area contributed by atoms with Gasteiger partial charge in [0.15, 0.2) is 0 Å². The molecule has 4 rings (SSSR count). The second kappa shape index (κ2) is 10.9. The second-order valence-corrected chi connectivity index (χ2v) is 8.58. The molecule has 0 atom stereocenters. The summed E-state index contributed by atoms with van der Waals surface area (Å²) in [4.78, 5) is 0. The van der Waals surface area contributed by atoms with Crippen LogP contribution < -0.4 is 0 Å². The summed E-state index contributed by atoms with van der Waals surface area (Å²) >= 11 is 0. The standard InChI is InChI=1S/C27H31.2Li.2H/c1-19(2)25-17-24-14-8-12-22(27(24)18-25)10-6-4-5-9-21-11-7-13-23-15-20(3)16-26(21)23;;;;/h7-8,11-14,16-19H,4-6,9-10,15H2,1-3H3;;;;. The predicted molar refractivity (Wildman–Crippen MR) is 132 cm³/mol. The first kappa shape index (κ1) is 24.4. The fourth-order valence-corrected chi connectivity index (χ4v) is 4.50. The average molecular weight is 371 g/mol. The Kier molecular flexibility index (Phi) is 9.20. The van der Waals surface area contributed by atoms with Crippen molar-refractivity contribution in [3.63, 3.8) is 0 Å². The van der Waals surface area contributed by atoms with Gasteiger partial charge in [-0.05, 0) is 78.3 Å². The van der Waals surface area contributed by atoms with E-state index in [1.54, 1.807) is 5.56 Å². The topological polar surface area (TPSA) is 0 Å². The van der Waals surface area contributed by atoms with Crippen molar-refractivity contribution in [2.75, 3.05) is 0 Å². The first-order valence-corrected chi connectivity index (χ1v) is 10.6. The van der Waals surface area contributed by atoms with Crippen LogP contribution in [0.4, 0.5) is 0 Å². The van der Waals surface area contributed by atoms with Crippen molar-refractivity contribution in [2.45, 2.75) is 59.3 Å². The van der Waals surface area contributed by atoms with Crippen molar-refractivity contribution < 1.29 is 0 Å². The minimum atomic E-state index is 0. The zero-order valence-electron chi connectivity index (χ0n) is 17.0. The molecule has 0 N–H and O–H groups in total. The van der Waals surface area contributed by atoms with E-state index in [-0.39, 0.29) is 37.7 Å². The molecule has 0 amide bonds. The summed E-state index contributed by atoms with van der Waals surface area (Å²) in [6, 6.07) is 13.7. The third-order valence-electron chi connectivity index (χ3n) is 6.07. The van der Waals surface area contributed by atoms with Crippen molar-refractivity contribution in [3.05, 3.63) is 87.3 Å². The average Bonchev–Trinajstić information content (AvgIpc) is 3.25. The van der Waals surface area contributed by atoms with Crippen molar-refractivity contribution in [1.82, 2.24) is 0 Å². The summed E-state index contributed by atoms with van der Waals surface area (Å²) in [5.41, 5.74) is 12.0. The molecule has 2 aliphatic rings. The molecule has 29 heavy (non-hydrogen) atoms. The Bertz CT molecular complexity index is 903. The van der Waals surface area contributed by atoms with E-state index < -0.39 is 0 Å². The molecule has 0 aromatic heterocycles. The van der Waals surface area contributed by atoms with Gasteiger partial charge in [0.1, 0.15) is 0 Å². The number of benzene rings is 2. The molecule has 0 saturated carbocycles. The Morgan fingerprint density at radius 1 is 0.793 bits per heavy atom. The van der Waals surface area contributed by atoms with Crippen molar-refractivity contribution in [3.8, 4) is 0 Å². The van der Waals surface area contributed by atoms with E-state index in [2.05, 4.69) is 75.7 Å². The van der Waals surface area contributed by atoms with Gasteiger partial charge in [-0.15, -0.1) is 0 Å². The summed E-state index contributed by atoms with van der Waals surface area (Å²) in [6.07, 6.45) is 14.6. The van der Waals surface area contributed by atoms with Gasteiger partial charge in [0.05, 0.1) is 0 Å². The Labute approximate surface area is 201 Å². The first-order chi connectivity index (χ1) is 13.1. The zero-order valence-corrected chi connectivity index (χ0v) is 17.0. The molecule has 0 spiro atoms. The normalized spacial score (nSPS) is 13.9. The van der Waals surface area contributed by atoms with Crippen LogP contribution >= 0.6 is 0 Å². The molecular weight excluding hydrogens is 338 g/mol. The van der Waals surface area contributed by atoms with Crippen molar-refractivity contribution >= 4 is 49.9 Å². The van der Waals surface area contributed by atoms with Gasteiger partial charge in [0.25, 0.3) is 0 Å². The van der Waals surface area contributed by atoms with Crippen molar-refractivity contribution in [2.24, 2.45) is 5.92 Å². The van der Waals surface area contributed by atoms with Gasteiger partial charge >= 0.3 is 37.7 Å². The van der Waals surface area contributed by atoms with Gasteiger partial charge in [0.2, 0.25) is 0 Å². The van der Waals surface area contributed by atoms with E-state index in [0.29, 0.717) is 5.92 Å². The van der Waals surface area contributed by atoms with Crippen LogP contribution in [-0.4, -0.2) is 37.7 Å². The van der Waals surface area contributed by atoms with Gasteiger partial charge < -0.3 is 0 Å². The van der Waals surface area contributed by atoms with E-state index in [1.807, 2.05) is 0 Å². The van der Waals surface area contributed by atoms with Crippen molar-refractivity contribution in [1.29, 1.82) is 0 Å². The molecular formula is C27H33Li2. The summed E-state index contributed by atoms with van der Waals surface area (Å²) in [5, 5.41) is 0. The van der Waals surface area contributed by atoms with E-state index in [4.69, 9.17) is 0 Å². The van der Waals surface area contributed by atoms with Gasteiger partial charge in [-0.25, -0.2) is 0 Å². The minimum absolute atomic E-state index is 0. The molecule has 0 unspecified atom stereocenters. The SMILES string of the molecule is CC1=Cc2c(CCCCCc3cccc4c3[CH]C(C(C)C)=C4)cccc2C1.[LiH].[LiH]. The number of allylic oxidation sites excluding steroid dienone is 2. The van der Waals surface area contributed by atoms with Gasteiger partial charge in [-0.3, -0.25) is 0 Å². The molecule has 0 heterocycles. The van der Waals surface area contributed by atoms with Crippen LogP contribution in [0.3, 0.4) is 0 Å². The Balaban J connectivity index is 0.00000150. The zero-order chi connectivity index (χ0) is 18.8. The number of fused-ring (bicyclic) bond motifs is 2. The maximum atomic E-state index is 2.41. The van der Waals surface area contributed by atoms with E-state index in [9.17, 15) is 0 Å². The van der Waals surface area contributed by atoms with Crippen LogP contribution in [0, 0.1) is 12.3 Å². The predicted octanol–water partition coefficient (Wildman–Crippen LogP) is 5.91. The molecule has 2 heteroatoms. The van der Waals surface area contributed by atoms with Gasteiger partial charge in [0, 0.05) is 6.42 Å². The van der Waals surface area contributed by atoms with Crippen LogP contribution in [-0.2, 0) is 19.3 Å². The third-order valence-corrected chi connectivity index (χ3v) is 6.07. The maximum absolute atomic E-state index is 2.41. The molecule has 0 aliphatic heterocycles. The van der Waals surface area contributed by atoms with Gasteiger partial charge in [-0.1, -0.05) is 80.0 Å². The second-order valence-electron chi connectivity index (χ2n) is 8.58. The summed E-state index contributed by atoms with van der Waals surface area (Å²) < 4.78 is 0. The van der Waals surface area contributed by atoms with Crippen LogP contribution in [0.1, 0.15) is 73.4 Å². The Hall–Kier alpha value is -0.885. The molecule has 0 fully saturated rings. The first-order valence-electron chi connectivity index (χ1n) is 10.6. The molecule has 2 aromatic carbocycles. The van der Waals surface area contributed by atoms with E-state index in [0.717, 1.165) is 6.42 Å². The molecule has 0 saturated heterocycles. The fraction of sp³-hybridized carbons (Fsp3) is 0.370. The van der Waals surface area contributed by atoms with Gasteiger partial charge in [-0.2, -0.15) is 0 Å². The molecule has 2 aromatic rings. The quantitative estimate of drug-likeness (QED) is 0.419. The summed E-state index contributed by atoms with van der Waals surface area (Å²) in [6.45, 7) is 6.81. The number of aryl methyl sites for hydroxylation is 2. The molecule has 0 bridgehead atoms. The number of rotatable bonds is 7. The molecule has 0 nitrogen and oxygen atoms in total. The Morgan fingerprint density at radius 3 is 2.14 bits per heavy atom. The van der Waals surface area contributed by atoms with E-state index in [1.165, 1.54) is 71.1 Å². The number of hydrogen-bond acceptors (Lipinski definition) is 0. The number of unbranched alkanes of at least 4 members (excludes halogenated alkanes) is 2. The van der Waals surface area contributed by atoms with Crippen LogP contribution in [0.2, 0.25) is 0 Å². The van der Waals surface area contributed by atoms with E-state index >= 15 is 0 Å².